The first-order chi connectivity index (χ1) is 7.40. The van der Waals surface area contributed by atoms with Crippen LogP contribution in [0, 0.1) is 5.82 Å². The van der Waals surface area contributed by atoms with Gasteiger partial charge in [-0.2, -0.15) is 0 Å². The summed E-state index contributed by atoms with van der Waals surface area (Å²) in [5, 5.41) is 9.81. The van der Waals surface area contributed by atoms with E-state index in [2.05, 4.69) is 0 Å². The first-order valence-electron chi connectivity index (χ1n) is 4.68. The second-order valence-electron chi connectivity index (χ2n) is 3.27. The van der Waals surface area contributed by atoms with E-state index in [4.69, 9.17) is 0 Å². The van der Waals surface area contributed by atoms with Gasteiger partial charge in [0.05, 0.1) is 0 Å². The van der Waals surface area contributed by atoms with Gasteiger partial charge in [-0.05, 0) is 6.07 Å². The Hall–Kier alpha value is -0.210. The molecule has 2 atom stereocenters. The Morgan fingerprint density at radius 1 is 1.44 bits per heavy atom. The summed E-state index contributed by atoms with van der Waals surface area (Å²) < 4.78 is 35.4. The molecule has 0 spiro atoms. The molecule has 0 bridgehead atoms. The average Bonchev–Trinajstić information content (AvgIpc) is 2.27. The van der Waals surface area contributed by atoms with E-state index in [9.17, 15) is 17.9 Å². The van der Waals surface area contributed by atoms with E-state index in [0.717, 1.165) is 0 Å². The van der Waals surface area contributed by atoms with E-state index in [-0.39, 0.29) is 11.3 Å². The normalized spacial score (nSPS) is 15.8. The molecule has 0 amide bonds. The summed E-state index contributed by atoms with van der Waals surface area (Å²) in [4.78, 5) is 0. The van der Waals surface area contributed by atoms with E-state index in [0.29, 0.717) is 0 Å². The molecule has 6 heteroatoms. The lowest BCUT2D eigenvalue weighted by atomic mass is 10.1. The van der Waals surface area contributed by atoms with Crippen molar-refractivity contribution in [2.45, 2.75) is 16.3 Å². The van der Waals surface area contributed by atoms with Crippen LogP contribution in [0.3, 0.4) is 0 Å². The van der Waals surface area contributed by atoms with Crippen molar-refractivity contribution in [1.82, 2.24) is 0 Å². The maximum absolute atomic E-state index is 13.3. The molecule has 0 fully saturated rings. The highest BCUT2D eigenvalue weighted by Gasteiger charge is 2.30. The molecule has 0 aromatic heterocycles. The third-order valence-electron chi connectivity index (χ3n) is 2.22. The largest absolute Gasteiger partial charge is 0.386 e. The van der Waals surface area contributed by atoms with Crippen LogP contribution in [-0.4, -0.2) is 22.5 Å². The van der Waals surface area contributed by atoms with Gasteiger partial charge < -0.3 is 5.11 Å². The smallest absolute Gasteiger partial charge is 0.164 e. The van der Waals surface area contributed by atoms with Crippen molar-refractivity contribution in [3.05, 3.63) is 35.6 Å². The van der Waals surface area contributed by atoms with Crippen LogP contribution >= 0.6 is 22.6 Å². The lowest BCUT2D eigenvalue weighted by molar-refractivity contribution is 0.192. The van der Waals surface area contributed by atoms with Crippen LogP contribution in [0.1, 0.15) is 18.6 Å². The highest BCUT2D eigenvalue weighted by molar-refractivity contribution is 14.1. The van der Waals surface area contributed by atoms with Crippen LogP contribution < -0.4 is 0 Å². The Morgan fingerprint density at radius 3 is 2.50 bits per heavy atom. The van der Waals surface area contributed by atoms with Crippen LogP contribution in [0.15, 0.2) is 24.3 Å². The Balaban J connectivity index is 3.04. The van der Waals surface area contributed by atoms with Crippen LogP contribution in [0.2, 0.25) is 0 Å². The summed E-state index contributed by atoms with van der Waals surface area (Å²) in [6.07, 6.45) is -1.34. The third-order valence-corrected chi connectivity index (χ3v) is 6.97. The predicted molar refractivity (Wildman–Crippen MR) is 68.6 cm³/mol. The van der Waals surface area contributed by atoms with Gasteiger partial charge in [0.2, 0.25) is 0 Å². The lowest BCUT2D eigenvalue weighted by Gasteiger charge is -2.17. The van der Waals surface area contributed by atoms with E-state index >= 15 is 0 Å². The SMILES string of the molecule is CCS(=O)(=O)[C@@H](I)[C@H](O)c1ccccc1F. The van der Waals surface area contributed by atoms with Gasteiger partial charge >= 0.3 is 0 Å². The van der Waals surface area contributed by atoms with Crippen molar-refractivity contribution < 1.29 is 17.9 Å². The number of benzene rings is 1. The van der Waals surface area contributed by atoms with Crippen molar-refractivity contribution in [2.24, 2.45) is 0 Å². The second kappa shape index (κ2) is 5.42. The fraction of sp³-hybridized carbons (Fsp3) is 0.400. The molecule has 0 saturated heterocycles. The Morgan fingerprint density at radius 2 is 2.00 bits per heavy atom. The number of rotatable bonds is 4. The van der Waals surface area contributed by atoms with Gasteiger partial charge in [0.15, 0.2) is 9.84 Å². The van der Waals surface area contributed by atoms with Gasteiger partial charge in [0.25, 0.3) is 0 Å². The molecule has 0 saturated carbocycles. The van der Waals surface area contributed by atoms with Crippen LogP contribution in [-0.2, 0) is 9.84 Å². The van der Waals surface area contributed by atoms with Gasteiger partial charge in [-0.15, -0.1) is 0 Å². The van der Waals surface area contributed by atoms with Crippen molar-refractivity contribution in [3.63, 3.8) is 0 Å². The number of aliphatic hydroxyl groups is 1. The zero-order valence-corrected chi connectivity index (χ0v) is 11.6. The molecule has 0 aliphatic heterocycles. The highest BCUT2D eigenvalue weighted by atomic mass is 127. The number of hydrogen-bond acceptors (Lipinski definition) is 3. The van der Waals surface area contributed by atoms with Crippen molar-refractivity contribution in [2.75, 3.05) is 5.75 Å². The van der Waals surface area contributed by atoms with E-state index in [1.165, 1.54) is 25.1 Å². The van der Waals surface area contributed by atoms with E-state index in [1.54, 1.807) is 28.7 Å². The fourth-order valence-corrected chi connectivity index (χ4v) is 3.54. The molecular weight excluding hydrogens is 346 g/mol. The second-order valence-corrected chi connectivity index (χ2v) is 7.87. The molecule has 3 nitrogen and oxygen atoms in total. The molecule has 0 radical (unpaired) electrons. The molecule has 1 aromatic rings. The zero-order valence-electron chi connectivity index (χ0n) is 8.60. The van der Waals surface area contributed by atoms with Crippen LogP contribution in [0.4, 0.5) is 4.39 Å². The molecule has 0 aliphatic carbocycles. The van der Waals surface area contributed by atoms with Crippen molar-refractivity contribution in [3.8, 4) is 0 Å². The number of sulfone groups is 1. The minimum atomic E-state index is -3.39. The first kappa shape index (κ1) is 13.9. The number of alkyl halides is 1. The monoisotopic (exact) mass is 358 g/mol. The molecule has 1 rings (SSSR count). The molecule has 1 aromatic carbocycles. The molecule has 0 aliphatic rings. The number of hydrogen-bond donors (Lipinski definition) is 1. The zero-order chi connectivity index (χ0) is 12.3. The quantitative estimate of drug-likeness (QED) is 0.662. The summed E-state index contributed by atoms with van der Waals surface area (Å²) >= 11 is 1.63. The van der Waals surface area contributed by atoms with Gasteiger partial charge in [0.1, 0.15) is 15.2 Å². The topological polar surface area (TPSA) is 54.4 Å². The van der Waals surface area contributed by atoms with Crippen molar-refractivity contribution >= 4 is 32.4 Å². The molecule has 90 valence electrons. The van der Waals surface area contributed by atoms with Gasteiger partial charge in [0, 0.05) is 11.3 Å². The predicted octanol–water partition coefficient (Wildman–Crippen LogP) is 2.05. The number of aliphatic hydroxyl groups excluding tert-OH is 1. The van der Waals surface area contributed by atoms with E-state index < -0.39 is 25.0 Å². The fourth-order valence-electron chi connectivity index (χ4n) is 1.21. The summed E-state index contributed by atoms with van der Waals surface area (Å²) in [5.41, 5.74) is 0.0129. The summed E-state index contributed by atoms with van der Waals surface area (Å²) in [6, 6.07) is 5.63. The minimum absolute atomic E-state index is 0.0129. The van der Waals surface area contributed by atoms with Crippen LogP contribution in [0.5, 0.6) is 0 Å². The first-order valence-corrected chi connectivity index (χ1v) is 7.64. The minimum Gasteiger partial charge on any atom is -0.386 e. The Labute approximate surface area is 108 Å². The Kier molecular flexibility index (Phi) is 4.69. The van der Waals surface area contributed by atoms with E-state index in [1.807, 2.05) is 0 Å². The Bertz CT molecular complexity index is 461. The highest BCUT2D eigenvalue weighted by Crippen LogP contribution is 2.29. The molecule has 1 N–H and O–H groups in total. The number of halogens is 2. The molecule has 16 heavy (non-hydrogen) atoms. The lowest BCUT2D eigenvalue weighted by Crippen LogP contribution is -2.24. The summed E-state index contributed by atoms with van der Waals surface area (Å²) in [7, 11) is -3.39. The maximum atomic E-state index is 13.3. The van der Waals surface area contributed by atoms with Gasteiger partial charge in [-0.3, -0.25) is 0 Å². The summed E-state index contributed by atoms with van der Waals surface area (Å²) in [6.45, 7) is 1.50. The average molecular weight is 358 g/mol. The summed E-state index contributed by atoms with van der Waals surface area (Å²) in [5.74, 6) is -0.672. The van der Waals surface area contributed by atoms with Gasteiger partial charge in [-0.25, -0.2) is 12.8 Å². The standard InChI is InChI=1S/C10H12FIO3S/c1-2-16(14,15)10(12)9(13)7-5-3-4-6-8(7)11/h3-6,9-10,13H,2H2,1H3/t9-,10-/m1/s1. The third kappa shape index (κ3) is 2.92. The molecule has 0 heterocycles. The molecular formula is C10H12FIO3S. The maximum Gasteiger partial charge on any atom is 0.164 e. The van der Waals surface area contributed by atoms with Crippen molar-refractivity contribution in [1.29, 1.82) is 0 Å². The van der Waals surface area contributed by atoms with Gasteiger partial charge in [-0.1, -0.05) is 47.7 Å². The molecule has 0 unspecified atom stereocenters. The van der Waals surface area contributed by atoms with Crippen LogP contribution in [0.25, 0.3) is 0 Å².